The van der Waals surface area contributed by atoms with Gasteiger partial charge in [-0.1, -0.05) is 32.0 Å². The van der Waals surface area contributed by atoms with Crippen molar-refractivity contribution >= 4 is 0 Å². The molecule has 3 rings (SSSR count). The van der Waals surface area contributed by atoms with E-state index in [2.05, 4.69) is 37.4 Å². The molecule has 0 bridgehead atoms. The van der Waals surface area contributed by atoms with Crippen LogP contribution in [0.25, 0.3) is 0 Å². The number of aryl methyl sites for hydroxylation is 1. The molecule has 1 aromatic carbocycles. The van der Waals surface area contributed by atoms with Crippen LogP contribution in [0, 0.1) is 5.92 Å². The van der Waals surface area contributed by atoms with Gasteiger partial charge in [-0.3, -0.25) is 0 Å². The van der Waals surface area contributed by atoms with Gasteiger partial charge >= 0.3 is 0 Å². The molecule has 2 atom stereocenters. The van der Waals surface area contributed by atoms with Gasteiger partial charge in [-0.2, -0.15) is 0 Å². The Hall–Kier alpha value is -0.820. The largest absolute Gasteiger partial charge is 0.309 e. The lowest BCUT2D eigenvalue weighted by molar-refractivity contribution is 0.429. The van der Waals surface area contributed by atoms with Crippen molar-refractivity contribution in [1.82, 2.24) is 5.32 Å². The van der Waals surface area contributed by atoms with E-state index in [1.54, 1.807) is 11.1 Å². The van der Waals surface area contributed by atoms with E-state index in [4.69, 9.17) is 0 Å². The monoisotopic (exact) mass is 215 g/mol. The number of benzene rings is 1. The van der Waals surface area contributed by atoms with E-state index < -0.39 is 0 Å². The van der Waals surface area contributed by atoms with Crippen molar-refractivity contribution in [2.75, 3.05) is 6.54 Å². The summed E-state index contributed by atoms with van der Waals surface area (Å²) >= 11 is 0. The number of hydrogen-bond donors (Lipinski definition) is 1. The summed E-state index contributed by atoms with van der Waals surface area (Å²) in [6.45, 7) is 5.73. The average molecular weight is 215 g/mol. The normalized spacial score (nSPS) is 28.9. The fourth-order valence-electron chi connectivity index (χ4n) is 2.94. The number of fused-ring (bicyclic) bond motifs is 1. The molecule has 1 N–H and O–H groups in total. The van der Waals surface area contributed by atoms with Crippen LogP contribution in [0.2, 0.25) is 0 Å². The smallest absolute Gasteiger partial charge is 0.0351 e. The van der Waals surface area contributed by atoms with Crippen LogP contribution in [-0.4, -0.2) is 6.54 Å². The van der Waals surface area contributed by atoms with Crippen LogP contribution in [0.3, 0.4) is 0 Å². The molecule has 0 spiro atoms. The predicted octanol–water partition coefficient (Wildman–Crippen LogP) is 3.41. The Bertz CT molecular complexity index is 392. The van der Waals surface area contributed by atoms with Crippen LogP contribution in [0.4, 0.5) is 0 Å². The average Bonchev–Trinajstić information content (AvgIpc) is 3.13. The Morgan fingerprint density at radius 3 is 2.75 bits per heavy atom. The van der Waals surface area contributed by atoms with Gasteiger partial charge < -0.3 is 5.32 Å². The van der Waals surface area contributed by atoms with Crippen molar-refractivity contribution in [2.24, 2.45) is 5.92 Å². The highest BCUT2D eigenvalue weighted by Crippen LogP contribution is 2.45. The van der Waals surface area contributed by atoms with Gasteiger partial charge in [-0.15, -0.1) is 0 Å². The quantitative estimate of drug-likeness (QED) is 0.797. The first-order valence-corrected chi connectivity index (χ1v) is 6.65. The van der Waals surface area contributed by atoms with E-state index in [-0.39, 0.29) is 0 Å². The molecule has 1 aliphatic carbocycles. The highest BCUT2D eigenvalue weighted by atomic mass is 14.9. The van der Waals surface area contributed by atoms with Gasteiger partial charge in [-0.25, -0.2) is 0 Å². The molecule has 16 heavy (non-hydrogen) atoms. The van der Waals surface area contributed by atoms with E-state index in [1.165, 1.54) is 18.4 Å². The van der Waals surface area contributed by atoms with E-state index in [0.717, 1.165) is 18.9 Å². The summed E-state index contributed by atoms with van der Waals surface area (Å²) in [7, 11) is 0. The van der Waals surface area contributed by atoms with E-state index >= 15 is 0 Å². The lowest BCUT2D eigenvalue weighted by atomic mass is 9.84. The maximum atomic E-state index is 3.74. The number of nitrogens with one attached hydrogen (secondary N) is 1. The molecule has 86 valence electrons. The number of hydrogen-bond acceptors (Lipinski definition) is 1. The maximum Gasteiger partial charge on any atom is 0.0351 e. The maximum absolute atomic E-state index is 3.74. The van der Waals surface area contributed by atoms with Gasteiger partial charge in [-0.05, 0) is 47.8 Å². The summed E-state index contributed by atoms with van der Waals surface area (Å²) < 4.78 is 0. The van der Waals surface area contributed by atoms with Crippen LogP contribution in [0.5, 0.6) is 0 Å². The highest BCUT2D eigenvalue weighted by molar-refractivity contribution is 5.39. The molecule has 0 aromatic heterocycles. The first-order valence-electron chi connectivity index (χ1n) is 6.65. The molecule has 0 radical (unpaired) electrons. The molecular weight excluding hydrogens is 194 g/mol. The Morgan fingerprint density at radius 2 is 2.06 bits per heavy atom. The molecule has 1 saturated carbocycles. The standard InChI is InChI=1S/C15H21N/c1-3-11-4-7-13-10(2)9-16-15(12-5-6-12)14(13)8-11/h4,7-8,10,12,15-16H,3,5-6,9H2,1-2H3. The van der Waals surface area contributed by atoms with E-state index in [1.807, 2.05) is 0 Å². The summed E-state index contributed by atoms with van der Waals surface area (Å²) in [5, 5.41) is 3.74. The second-order valence-electron chi connectivity index (χ2n) is 5.44. The van der Waals surface area contributed by atoms with Gasteiger partial charge in [0.25, 0.3) is 0 Å². The molecule has 1 aromatic rings. The highest BCUT2D eigenvalue weighted by Gasteiger charge is 2.36. The third kappa shape index (κ3) is 1.67. The van der Waals surface area contributed by atoms with Crippen molar-refractivity contribution in [1.29, 1.82) is 0 Å². The van der Waals surface area contributed by atoms with Crippen molar-refractivity contribution in [3.05, 3.63) is 34.9 Å². The predicted molar refractivity (Wildman–Crippen MR) is 67.7 cm³/mol. The molecule has 0 amide bonds. The van der Waals surface area contributed by atoms with E-state index in [0.29, 0.717) is 12.0 Å². The summed E-state index contributed by atoms with van der Waals surface area (Å²) in [5.74, 6) is 1.59. The van der Waals surface area contributed by atoms with Crippen molar-refractivity contribution in [2.45, 2.75) is 45.1 Å². The molecule has 1 heterocycles. The first kappa shape index (κ1) is 10.3. The fraction of sp³-hybridized carbons (Fsp3) is 0.600. The van der Waals surface area contributed by atoms with Crippen molar-refractivity contribution in [3.63, 3.8) is 0 Å². The summed E-state index contributed by atoms with van der Waals surface area (Å²) in [5.41, 5.74) is 4.67. The SMILES string of the molecule is CCc1ccc2c(c1)C(C1CC1)NCC2C. The minimum absolute atomic E-state index is 0.651. The van der Waals surface area contributed by atoms with Gasteiger partial charge in [0.1, 0.15) is 0 Å². The second-order valence-corrected chi connectivity index (χ2v) is 5.44. The molecule has 1 fully saturated rings. The zero-order valence-corrected chi connectivity index (χ0v) is 10.3. The molecule has 2 unspecified atom stereocenters. The molecule has 2 aliphatic rings. The van der Waals surface area contributed by atoms with Crippen molar-refractivity contribution < 1.29 is 0 Å². The van der Waals surface area contributed by atoms with Crippen LogP contribution in [-0.2, 0) is 6.42 Å². The zero-order valence-electron chi connectivity index (χ0n) is 10.3. The Balaban J connectivity index is 2.02. The second kappa shape index (κ2) is 3.89. The van der Waals surface area contributed by atoms with Gasteiger partial charge in [0, 0.05) is 12.6 Å². The minimum atomic E-state index is 0.651. The Morgan fingerprint density at radius 1 is 1.25 bits per heavy atom. The topological polar surface area (TPSA) is 12.0 Å². The first-order chi connectivity index (χ1) is 7.79. The molecule has 1 heteroatoms. The minimum Gasteiger partial charge on any atom is -0.309 e. The van der Waals surface area contributed by atoms with Gasteiger partial charge in [0.15, 0.2) is 0 Å². The van der Waals surface area contributed by atoms with Crippen LogP contribution >= 0.6 is 0 Å². The molecule has 1 aliphatic heterocycles. The van der Waals surface area contributed by atoms with Gasteiger partial charge in [0.05, 0.1) is 0 Å². The summed E-state index contributed by atoms with van der Waals surface area (Å²) in [4.78, 5) is 0. The van der Waals surface area contributed by atoms with Crippen molar-refractivity contribution in [3.8, 4) is 0 Å². The van der Waals surface area contributed by atoms with Crippen LogP contribution in [0.1, 0.15) is 55.3 Å². The third-order valence-electron chi connectivity index (χ3n) is 4.16. The fourth-order valence-corrected chi connectivity index (χ4v) is 2.94. The Kier molecular flexibility index (Phi) is 2.51. The Labute approximate surface area is 98.3 Å². The van der Waals surface area contributed by atoms with Crippen LogP contribution in [0.15, 0.2) is 18.2 Å². The van der Waals surface area contributed by atoms with E-state index in [9.17, 15) is 0 Å². The zero-order chi connectivity index (χ0) is 11.1. The molecular formula is C15H21N. The van der Waals surface area contributed by atoms with Crippen LogP contribution < -0.4 is 5.32 Å². The molecule has 1 nitrogen and oxygen atoms in total. The summed E-state index contributed by atoms with van der Waals surface area (Å²) in [6.07, 6.45) is 3.99. The lowest BCUT2D eigenvalue weighted by Crippen LogP contribution is -2.33. The van der Waals surface area contributed by atoms with Gasteiger partial charge in [0.2, 0.25) is 0 Å². The number of rotatable bonds is 2. The third-order valence-corrected chi connectivity index (χ3v) is 4.16. The summed E-state index contributed by atoms with van der Waals surface area (Å²) in [6, 6.07) is 7.78. The lowest BCUT2D eigenvalue weighted by Gasteiger charge is -2.31. The molecule has 0 saturated heterocycles.